The molecule has 1 aliphatic heterocycles. The molecule has 1 atom stereocenters. The van der Waals surface area contributed by atoms with Crippen LogP contribution in [0, 0.1) is 13.8 Å². The maximum absolute atomic E-state index is 12.7. The molecule has 0 saturated heterocycles. The fourth-order valence-electron chi connectivity index (χ4n) is 3.41. The predicted octanol–water partition coefficient (Wildman–Crippen LogP) is 2.71. The van der Waals surface area contributed by atoms with Gasteiger partial charge in [0.2, 0.25) is 0 Å². The summed E-state index contributed by atoms with van der Waals surface area (Å²) >= 11 is 0. The lowest BCUT2D eigenvalue weighted by Gasteiger charge is -2.24. The van der Waals surface area contributed by atoms with Gasteiger partial charge in [0, 0.05) is 18.1 Å². The lowest BCUT2D eigenvalue weighted by molar-refractivity contribution is -0.0233. The van der Waals surface area contributed by atoms with Crippen molar-refractivity contribution in [3.8, 4) is 23.0 Å². The molecule has 0 aromatic heterocycles. The van der Waals surface area contributed by atoms with E-state index in [9.17, 15) is 30.0 Å². The zero-order valence-corrected chi connectivity index (χ0v) is 16.4. The van der Waals surface area contributed by atoms with E-state index in [-0.39, 0.29) is 34.8 Å². The van der Waals surface area contributed by atoms with Crippen LogP contribution in [-0.2, 0) is 6.42 Å². The molecule has 0 fully saturated rings. The molecular weight excluding hydrogens is 380 g/mol. The van der Waals surface area contributed by atoms with E-state index >= 15 is 0 Å². The summed E-state index contributed by atoms with van der Waals surface area (Å²) in [6.45, 7) is 6.17. The Hall–Kier alpha value is -3.26. The van der Waals surface area contributed by atoms with Gasteiger partial charge < -0.3 is 29.9 Å². The Morgan fingerprint density at radius 3 is 2.28 bits per heavy atom. The molecular formula is C21H22O8. The number of carbonyl (C=O) groups is 2. The number of carboxylic acids is 1. The van der Waals surface area contributed by atoms with Gasteiger partial charge in [0.15, 0.2) is 0 Å². The van der Waals surface area contributed by atoms with Crippen LogP contribution in [-0.4, -0.2) is 44.1 Å². The molecule has 2 aromatic carbocycles. The van der Waals surface area contributed by atoms with Gasteiger partial charge in [-0.2, -0.15) is 0 Å². The quantitative estimate of drug-likeness (QED) is 0.453. The second-order valence-electron chi connectivity index (χ2n) is 7.69. The topological polar surface area (TPSA) is 134 Å². The van der Waals surface area contributed by atoms with Crippen LogP contribution in [0.1, 0.15) is 51.3 Å². The van der Waals surface area contributed by atoms with Crippen LogP contribution in [0.3, 0.4) is 0 Å². The van der Waals surface area contributed by atoms with Crippen LogP contribution in [0.5, 0.6) is 23.0 Å². The summed E-state index contributed by atoms with van der Waals surface area (Å²) < 4.78 is 11.2. The number of aryl methyl sites for hydroxylation is 2. The van der Waals surface area contributed by atoms with Crippen LogP contribution in [0.4, 0.5) is 0 Å². The highest BCUT2D eigenvalue weighted by Crippen LogP contribution is 2.43. The molecule has 0 spiro atoms. The number of phenolic OH excluding ortho intramolecular Hbond substituents is 2. The summed E-state index contributed by atoms with van der Waals surface area (Å²) in [7, 11) is 0. The van der Waals surface area contributed by atoms with E-state index < -0.39 is 29.4 Å². The van der Waals surface area contributed by atoms with E-state index in [0.29, 0.717) is 16.7 Å². The molecule has 0 aliphatic carbocycles. The summed E-state index contributed by atoms with van der Waals surface area (Å²) in [5.41, 5.74) is -0.444. The minimum atomic E-state index is -1.25. The van der Waals surface area contributed by atoms with E-state index in [0.717, 1.165) is 6.07 Å². The second-order valence-corrected chi connectivity index (χ2v) is 7.69. The van der Waals surface area contributed by atoms with Crippen molar-refractivity contribution in [2.45, 2.75) is 45.8 Å². The van der Waals surface area contributed by atoms with Gasteiger partial charge >= 0.3 is 11.9 Å². The molecule has 2 aromatic rings. The first-order valence-corrected chi connectivity index (χ1v) is 8.93. The molecule has 1 aliphatic rings. The van der Waals surface area contributed by atoms with E-state index in [2.05, 4.69) is 0 Å². The molecule has 8 nitrogen and oxygen atoms in total. The highest BCUT2D eigenvalue weighted by Gasteiger charge is 2.40. The van der Waals surface area contributed by atoms with Gasteiger partial charge in [0.25, 0.3) is 0 Å². The standard InChI is InChI=1S/C21H22O8/c1-9-5-11(22)7-13(23)16(9)20(26)28-14-6-10(2)17(19(24)25)18-12(14)8-15(29-18)21(3,4)27/h5-7,15,22-23,27H,8H2,1-4H3,(H,24,25)/t15-/m0/s1. The zero-order chi connectivity index (χ0) is 21.7. The number of rotatable bonds is 4. The number of aromatic carboxylic acids is 1. The first-order chi connectivity index (χ1) is 13.4. The first-order valence-electron chi connectivity index (χ1n) is 8.93. The number of carbonyl (C=O) groups excluding carboxylic acids is 1. The minimum Gasteiger partial charge on any atom is -0.508 e. The fraction of sp³-hybridized carbons (Fsp3) is 0.333. The number of phenols is 2. The van der Waals surface area contributed by atoms with Gasteiger partial charge in [-0.05, 0) is 51.0 Å². The van der Waals surface area contributed by atoms with E-state index in [1.165, 1.54) is 19.1 Å². The largest absolute Gasteiger partial charge is 0.508 e. The Bertz CT molecular complexity index is 993. The van der Waals surface area contributed by atoms with Crippen molar-refractivity contribution in [2.75, 3.05) is 0 Å². The average Bonchev–Trinajstić information content (AvgIpc) is 2.98. The molecule has 1 heterocycles. The van der Waals surface area contributed by atoms with Gasteiger partial charge in [-0.15, -0.1) is 0 Å². The molecule has 154 valence electrons. The number of aliphatic hydroxyl groups is 1. The highest BCUT2D eigenvalue weighted by molar-refractivity contribution is 5.97. The van der Waals surface area contributed by atoms with Crippen molar-refractivity contribution in [3.63, 3.8) is 0 Å². The van der Waals surface area contributed by atoms with Crippen molar-refractivity contribution in [1.82, 2.24) is 0 Å². The van der Waals surface area contributed by atoms with Crippen molar-refractivity contribution >= 4 is 11.9 Å². The molecule has 0 amide bonds. The summed E-state index contributed by atoms with van der Waals surface area (Å²) in [4.78, 5) is 24.4. The number of esters is 1. The Balaban J connectivity index is 2.06. The van der Waals surface area contributed by atoms with Gasteiger partial charge in [-0.3, -0.25) is 0 Å². The molecule has 0 saturated carbocycles. The van der Waals surface area contributed by atoms with E-state index in [1.54, 1.807) is 20.8 Å². The van der Waals surface area contributed by atoms with Crippen molar-refractivity contribution in [1.29, 1.82) is 0 Å². The number of aromatic hydroxyl groups is 2. The zero-order valence-electron chi connectivity index (χ0n) is 16.4. The van der Waals surface area contributed by atoms with Gasteiger partial charge in [-0.25, -0.2) is 9.59 Å². The number of hydrogen-bond donors (Lipinski definition) is 4. The third kappa shape index (κ3) is 3.71. The predicted molar refractivity (Wildman–Crippen MR) is 102 cm³/mol. The minimum absolute atomic E-state index is 0.0547. The average molecular weight is 402 g/mol. The SMILES string of the molecule is Cc1cc(O)cc(O)c1C(=O)Oc1cc(C)c(C(=O)O)c2c1C[C@@H](C(C)(C)O)O2. The first kappa shape index (κ1) is 20.5. The van der Waals surface area contributed by atoms with E-state index in [4.69, 9.17) is 9.47 Å². The number of hydrogen-bond acceptors (Lipinski definition) is 7. The Morgan fingerprint density at radius 2 is 1.72 bits per heavy atom. The summed E-state index contributed by atoms with van der Waals surface area (Å²) in [5.74, 6) is -2.55. The normalized spacial score (nSPS) is 15.6. The molecule has 0 bridgehead atoms. The number of fused-ring (bicyclic) bond motifs is 1. The maximum Gasteiger partial charge on any atom is 0.347 e. The monoisotopic (exact) mass is 402 g/mol. The van der Waals surface area contributed by atoms with Gasteiger partial charge in [-0.1, -0.05) is 0 Å². The number of ether oxygens (including phenoxy) is 2. The Kier molecular flexibility index (Phi) is 4.92. The Morgan fingerprint density at radius 1 is 1.10 bits per heavy atom. The Labute approximate surface area is 166 Å². The highest BCUT2D eigenvalue weighted by atomic mass is 16.5. The fourth-order valence-corrected chi connectivity index (χ4v) is 3.41. The van der Waals surface area contributed by atoms with E-state index in [1.807, 2.05) is 0 Å². The molecule has 0 radical (unpaired) electrons. The summed E-state index contributed by atoms with van der Waals surface area (Å²) in [5, 5.41) is 39.4. The molecule has 29 heavy (non-hydrogen) atoms. The molecule has 8 heteroatoms. The third-order valence-corrected chi connectivity index (χ3v) is 4.90. The molecule has 3 rings (SSSR count). The third-order valence-electron chi connectivity index (χ3n) is 4.90. The molecule has 0 unspecified atom stereocenters. The number of carboxylic acid groups (broad SMARTS) is 1. The van der Waals surface area contributed by atoms with Crippen molar-refractivity contribution < 1.29 is 39.5 Å². The lowest BCUT2D eigenvalue weighted by Crippen LogP contribution is -2.39. The summed E-state index contributed by atoms with van der Waals surface area (Å²) in [6, 6.07) is 3.76. The summed E-state index contributed by atoms with van der Waals surface area (Å²) in [6.07, 6.45) is -0.582. The smallest absolute Gasteiger partial charge is 0.347 e. The van der Waals surface area contributed by atoms with Crippen molar-refractivity contribution in [2.24, 2.45) is 0 Å². The van der Waals surface area contributed by atoms with Gasteiger partial charge in [0.05, 0.1) is 5.60 Å². The second kappa shape index (κ2) is 6.97. The van der Waals surface area contributed by atoms with Crippen LogP contribution in [0.2, 0.25) is 0 Å². The van der Waals surface area contributed by atoms with Crippen LogP contribution in [0.15, 0.2) is 18.2 Å². The lowest BCUT2D eigenvalue weighted by atomic mass is 9.95. The van der Waals surface area contributed by atoms with Crippen LogP contribution < -0.4 is 9.47 Å². The van der Waals surface area contributed by atoms with Crippen LogP contribution in [0.25, 0.3) is 0 Å². The van der Waals surface area contributed by atoms with Crippen molar-refractivity contribution in [3.05, 3.63) is 46.0 Å². The van der Waals surface area contributed by atoms with Crippen LogP contribution >= 0.6 is 0 Å². The number of benzene rings is 2. The van der Waals surface area contributed by atoms with Gasteiger partial charge in [0.1, 0.15) is 40.2 Å². The molecule has 4 N–H and O–H groups in total. The maximum atomic E-state index is 12.7.